The first-order valence-electron chi connectivity index (χ1n) is 11.5. The number of guanidine groups is 1. The van der Waals surface area contributed by atoms with Gasteiger partial charge in [-0.25, -0.2) is 9.98 Å². The van der Waals surface area contributed by atoms with Crippen LogP contribution in [0.5, 0.6) is 0 Å². The van der Waals surface area contributed by atoms with Gasteiger partial charge in [-0.2, -0.15) is 5.10 Å². The van der Waals surface area contributed by atoms with E-state index in [0.29, 0.717) is 13.0 Å². The first-order chi connectivity index (χ1) is 16.2. The van der Waals surface area contributed by atoms with Crippen LogP contribution < -0.4 is 10.6 Å². The number of nitrogens with zero attached hydrogens (tertiary/aromatic N) is 4. The molecule has 0 bridgehead atoms. The maximum Gasteiger partial charge on any atom is 0.223 e. The molecule has 3 aromatic rings. The average molecular weight is 446 g/mol. The molecule has 8 nitrogen and oxygen atoms in total. The summed E-state index contributed by atoms with van der Waals surface area (Å²) in [5, 5.41) is 13.5. The Hall–Kier alpha value is -3.68. The maximum absolute atomic E-state index is 12.5. The molecule has 0 radical (unpaired) electrons. The van der Waals surface area contributed by atoms with E-state index in [2.05, 4.69) is 44.0 Å². The van der Waals surface area contributed by atoms with Gasteiger partial charge in [0.1, 0.15) is 6.33 Å². The number of aromatic amines is 1. The fraction of sp³-hybridized carbons (Fsp3) is 0.360. The van der Waals surface area contributed by atoms with Gasteiger partial charge in [-0.1, -0.05) is 48.5 Å². The van der Waals surface area contributed by atoms with Crippen LogP contribution >= 0.6 is 0 Å². The first-order valence-corrected chi connectivity index (χ1v) is 11.5. The molecule has 4 rings (SSSR count). The Morgan fingerprint density at radius 1 is 1.15 bits per heavy atom. The van der Waals surface area contributed by atoms with Gasteiger partial charge in [0.15, 0.2) is 11.8 Å². The monoisotopic (exact) mass is 445 g/mol. The van der Waals surface area contributed by atoms with E-state index in [4.69, 9.17) is 4.99 Å². The predicted octanol–water partition coefficient (Wildman–Crippen LogP) is 2.62. The largest absolute Gasteiger partial charge is 0.357 e. The van der Waals surface area contributed by atoms with E-state index in [0.717, 1.165) is 55.5 Å². The van der Waals surface area contributed by atoms with Crippen LogP contribution in [0, 0.1) is 5.92 Å². The number of likely N-dealkylation sites (tertiary alicyclic amines) is 1. The second kappa shape index (κ2) is 11.3. The summed E-state index contributed by atoms with van der Waals surface area (Å²) >= 11 is 0. The van der Waals surface area contributed by atoms with Crippen LogP contribution in [0.2, 0.25) is 0 Å². The topological polar surface area (TPSA) is 98.3 Å². The zero-order chi connectivity index (χ0) is 22.9. The molecule has 1 fully saturated rings. The lowest BCUT2D eigenvalue weighted by Crippen LogP contribution is -2.40. The summed E-state index contributed by atoms with van der Waals surface area (Å²) in [6.07, 6.45) is 2.98. The standard InChI is InChI=1S/C25H31N7O/c1-2-26-25(27-15-20-9-6-10-22(13-20)24-29-18-30-31-24)28-16-21-14-23(33)32(17-21)12-11-19-7-4-3-5-8-19/h3-10,13,18,21H,2,11-12,14-17H2,1H3,(H2,26,27,28)(H,29,30,31). The molecule has 8 heteroatoms. The molecule has 1 unspecified atom stereocenters. The predicted molar refractivity (Wildman–Crippen MR) is 129 cm³/mol. The van der Waals surface area contributed by atoms with Crippen LogP contribution in [-0.4, -0.2) is 58.1 Å². The van der Waals surface area contributed by atoms with E-state index in [9.17, 15) is 4.79 Å². The molecule has 2 aromatic carbocycles. The van der Waals surface area contributed by atoms with E-state index in [-0.39, 0.29) is 11.8 Å². The zero-order valence-electron chi connectivity index (χ0n) is 19.0. The van der Waals surface area contributed by atoms with Crippen molar-refractivity contribution in [1.82, 2.24) is 30.7 Å². The van der Waals surface area contributed by atoms with Crippen molar-refractivity contribution in [2.24, 2.45) is 10.9 Å². The Morgan fingerprint density at radius 3 is 2.79 bits per heavy atom. The molecule has 1 aliphatic rings. The molecule has 0 spiro atoms. The van der Waals surface area contributed by atoms with Crippen molar-refractivity contribution in [2.75, 3.05) is 26.2 Å². The van der Waals surface area contributed by atoms with Crippen molar-refractivity contribution >= 4 is 11.9 Å². The maximum atomic E-state index is 12.5. The van der Waals surface area contributed by atoms with E-state index in [1.54, 1.807) is 0 Å². The lowest BCUT2D eigenvalue weighted by Gasteiger charge is -2.18. The summed E-state index contributed by atoms with van der Waals surface area (Å²) in [5.74, 6) is 2.03. The highest BCUT2D eigenvalue weighted by molar-refractivity contribution is 5.81. The van der Waals surface area contributed by atoms with Crippen molar-refractivity contribution in [3.63, 3.8) is 0 Å². The Kier molecular flexibility index (Phi) is 7.68. The lowest BCUT2D eigenvalue weighted by molar-refractivity contribution is -0.127. The molecular formula is C25H31N7O. The van der Waals surface area contributed by atoms with E-state index in [1.165, 1.54) is 11.9 Å². The number of carbonyl (C=O) groups excluding carboxylic acids is 1. The summed E-state index contributed by atoms with van der Waals surface area (Å²) < 4.78 is 0. The highest BCUT2D eigenvalue weighted by Gasteiger charge is 2.29. The van der Waals surface area contributed by atoms with Gasteiger partial charge in [0.05, 0.1) is 6.54 Å². The molecule has 0 saturated carbocycles. The molecule has 1 aromatic heterocycles. The Balaban J connectivity index is 1.29. The fourth-order valence-electron chi connectivity index (χ4n) is 4.03. The number of amides is 1. The molecular weight excluding hydrogens is 414 g/mol. The molecule has 1 amide bonds. The van der Waals surface area contributed by atoms with Crippen LogP contribution in [0.3, 0.4) is 0 Å². The van der Waals surface area contributed by atoms with Gasteiger partial charge in [0, 0.05) is 44.1 Å². The Labute approximate surface area is 194 Å². The van der Waals surface area contributed by atoms with Crippen molar-refractivity contribution in [3.05, 3.63) is 72.1 Å². The number of carbonyl (C=O) groups is 1. The van der Waals surface area contributed by atoms with Gasteiger partial charge < -0.3 is 15.5 Å². The number of nitrogens with one attached hydrogen (secondary N) is 3. The summed E-state index contributed by atoms with van der Waals surface area (Å²) in [5.41, 5.74) is 3.34. The third-order valence-electron chi connectivity index (χ3n) is 5.75. The van der Waals surface area contributed by atoms with Crippen LogP contribution in [-0.2, 0) is 17.8 Å². The second-order valence-electron chi connectivity index (χ2n) is 8.26. The number of hydrogen-bond acceptors (Lipinski definition) is 4. The fourth-order valence-corrected chi connectivity index (χ4v) is 4.03. The number of aromatic nitrogens is 3. The van der Waals surface area contributed by atoms with Crippen LogP contribution in [0.1, 0.15) is 24.5 Å². The molecule has 1 atom stereocenters. The summed E-state index contributed by atoms with van der Waals surface area (Å²) in [4.78, 5) is 23.4. The van der Waals surface area contributed by atoms with Crippen LogP contribution in [0.25, 0.3) is 11.4 Å². The molecule has 2 heterocycles. The van der Waals surface area contributed by atoms with Gasteiger partial charge in [0.2, 0.25) is 5.91 Å². The van der Waals surface area contributed by atoms with Gasteiger partial charge in [-0.3, -0.25) is 9.89 Å². The van der Waals surface area contributed by atoms with Crippen molar-refractivity contribution < 1.29 is 4.79 Å². The second-order valence-corrected chi connectivity index (χ2v) is 8.26. The normalized spacial score (nSPS) is 16.3. The molecule has 1 saturated heterocycles. The number of benzene rings is 2. The number of H-pyrrole nitrogens is 1. The van der Waals surface area contributed by atoms with Gasteiger partial charge in [-0.15, -0.1) is 0 Å². The van der Waals surface area contributed by atoms with E-state index >= 15 is 0 Å². The third-order valence-corrected chi connectivity index (χ3v) is 5.75. The van der Waals surface area contributed by atoms with Gasteiger partial charge >= 0.3 is 0 Å². The minimum absolute atomic E-state index is 0.240. The van der Waals surface area contributed by atoms with Gasteiger partial charge in [-0.05, 0) is 30.5 Å². The zero-order valence-corrected chi connectivity index (χ0v) is 19.0. The van der Waals surface area contributed by atoms with Gasteiger partial charge in [0.25, 0.3) is 0 Å². The summed E-state index contributed by atoms with van der Waals surface area (Å²) in [7, 11) is 0. The number of hydrogen-bond donors (Lipinski definition) is 3. The molecule has 0 aliphatic carbocycles. The Bertz CT molecular complexity index is 1050. The summed E-state index contributed by atoms with van der Waals surface area (Å²) in [6.45, 7) is 5.65. The van der Waals surface area contributed by atoms with Crippen LogP contribution in [0.15, 0.2) is 65.9 Å². The van der Waals surface area contributed by atoms with Crippen molar-refractivity contribution in [2.45, 2.75) is 26.3 Å². The molecule has 172 valence electrons. The number of aliphatic imine (C=N–C) groups is 1. The SMILES string of the molecule is CCNC(=NCc1cccc(-c2ncn[nH]2)c1)NCC1CC(=O)N(CCc2ccccc2)C1. The average Bonchev–Trinajstić information content (AvgIpc) is 3.50. The highest BCUT2D eigenvalue weighted by atomic mass is 16.2. The van der Waals surface area contributed by atoms with Crippen LogP contribution in [0.4, 0.5) is 0 Å². The number of rotatable bonds is 9. The van der Waals surface area contributed by atoms with Crippen molar-refractivity contribution in [1.29, 1.82) is 0 Å². The molecule has 1 aliphatic heterocycles. The third kappa shape index (κ3) is 6.41. The van der Waals surface area contributed by atoms with Crippen molar-refractivity contribution in [3.8, 4) is 11.4 Å². The minimum Gasteiger partial charge on any atom is -0.357 e. The van der Waals surface area contributed by atoms with E-state index < -0.39 is 0 Å². The van der Waals surface area contributed by atoms with E-state index in [1.807, 2.05) is 48.2 Å². The quantitative estimate of drug-likeness (QED) is 0.347. The highest BCUT2D eigenvalue weighted by Crippen LogP contribution is 2.18. The molecule has 33 heavy (non-hydrogen) atoms. The smallest absolute Gasteiger partial charge is 0.223 e. The first kappa shape index (κ1) is 22.5. The Morgan fingerprint density at radius 2 is 2.00 bits per heavy atom. The molecule has 3 N–H and O–H groups in total. The minimum atomic E-state index is 0.240. The lowest BCUT2D eigenvalue weighted by atomic mass is 10.1. The summed E-state index contributed by atoms with van der Waals surface area (Å²) in [6, 6.07) is 18.4.